The number of carbonyl (C=O) groups excluding carboxylic acids is 1. The van der Waals surface area contributed by atoms with Gasteiger partial charge in [0.15, 0.2) is 11.6 Å². The molecule has 3 atom stereocenters. The van der Waals surface area contributed by atoms with Gasteiger partial charge >= 0.3 is 0 Å². The van der Waals surface area contributed by atoms with Crippen LogP contribution < -0.4 is 10.6 Å². The van der Waals surface area contributed by atoms with Crippen molar-refractivity contribution in [3.8, 4) is 0 Å². The van der Waals surface area contributed by atoms with Crippen molar-refractivity contribution in [2.45, 2.75) is 25.2 Å². The fraction of sp³-hybridized carbons (Fsp3) is 0.562. The van der Waals surface area contributed by atoms with Gasteiger partial charge in [0.1, 0.15) is 0 Å². The monoisotopic (exact) mass is 330 g/mol. The van der Waals surface area contributed by atoms with Gasteiger partial charge in [-0.05, 0) is 55.8 Å². The van der Waals surface area contributed by atoms with Crippen LogP contribution in [0, 0.1) is 23.5 Å². The van der Waals surface area contributed by atoms with E-state index in [9.17, 15) is 13.6 Å². The van der Waals surface area contributed by atoms with E-state index in [2.05, 4.69) is 10.6 Å². The first-order chi connectivity index (χ1) is 10.2. The zero-order valence-corrected chi connectivity index (χ0v) is 13.1. The first kappa shape index (κ1) is 17.2. The zero-order chi connectivity index (χ0) is 14.8. The van der Waals surface area contributed by atoms with E-state index >= 15 is 0 Å². The Bertz CT molecular complexity index is 535. The van der Waals surface area contributed by atoms with Crippen LogP contribution in [0.15, 0.2) is 18.2 Å². The van der Waals surface area contributed by atoms with Crippen molar-refractivity contribution in [2.75, 3.05) is 19.6 Å². The molecule has 1 saturated carbocycles. The lowest BCUT2D eigenvalue weighted by Crippen LogP contribution is -2.28. The van der Waals surface area contributed by atoms with Crippen LogP contribution in [0.4, 0.5) is 8.78 Å². The Balaban J connectivity index is 0.00000176. The van der Waals surface area contributed by atoms with Crippen molar-refractivity contribution in [2.24, 2.45) is 11.8 Å². The number of rotatable bonds is 5. The fourth-order valence-corrected chi connectivity index (χ4v) is 3.13. The minimum absolute atomic E-state index is 0. The van der Waals surface area contributed by atoms with Crippen molar-refractivity contribution in [1.82, 2.24) is 10.6 Å². The molecule has 0 bridgehead atoms. The molecule has 6 heteroatoms. The van der Waals surface area contributed by atoms with Crippen LogP contribution in [-0.2, 0) is 4.79 Å². The highest BCUT2D eigenvalue weighted by molar-refractivity contribution is 5.85. The third kappa shape index (κ3) is 3.76. The highest BCUT2D eigenvalue weighted by atomic mass is 35.5. The summed E-state index contributed by atoms with van der Waals surface area (Å²) >= 11 is 0. The Morgan fingerprint density at radius 3 is 2.91 bits per heavy atom. The lowest BCUT2D eigenvalue weighted by atomic mass is 10.1. The summed E-state index contributed by atoms with van der Waals surface area (Å²) < 4.78 is 26.9. The van der Waals surface area contributed by atoms with E-state index in [1.54, 1.807) is 6.07 Å². The minimum Gasteiger partial charge on any atom is -0.356 e. The highest BCUT2D eigenvalue weighted by Gasteiger charge is 2.45. The highest BCUT2D eigenvalue weighted by Crippen LogP contribution is 2.48. The number of nitrogens with one attached hydrogen (secondary N) is 2. The summed E-state index contributed by atoms with van der Waals surface area (Å²) in [5.41, 5.74) is 0.329. The zero-order valence-electron chi connectivity index (χ0n) is 12.3. The lowest BCUT2D eigenvalue weighted by Gasteiger charge is -2.09. The van der Waals surface area contributed by atoms with Gasteiger partial charge in [-0.3, -0.25) is 4.79 Å². The van der Waals surface area contributed by atoms with Crippen molar-refractivity contribution < 1.29 is 13.6 Å². The molecule has 1 aromatic rings. The van der Waals surface area contributed by atoms with Crippen LogP contribution in [0.3, 0.4) is 0 Å². The largest absolute Gasteiger partial charge is 0.356 e. The molecule has 1 heterocycles. The van der Waals surface area contributed by atoms with Gasteiger partial charge in [-0.15, -0.1) is 12.4 Å². The summed E-state index contributed by atoms with van der Waals surface area (Å²) in [6.45, 7) is 2.75. The van der Waals surface area contributed by atoms with Gasteiger partial charge in [-0.2, -0.15) is 0 Å². The van der Waals surface area contributed by atoms with Crippen LogP contribution >= 0.6 is 12.4 Å². The molecule has 1 aliphatic heterocycles. The Labute approximate surface area is 135 Å². The molecule has 0 aromatic heterocycles. The molecule has 2 fully saturated rings. The van der Waals surface area contributed by atoms with Crippen molar-refractivity contribution in [1.29, 1.82) is 0 Å². The molecule has 0 radical (unpaired) electrons. The molecule has 1 amide bonds. The van der Waals surface area contributed by atoms with E-state index in [-0.39, 0.29) is 30.2 Å². The second-order valence-corrected chi connectivity index (χ2v) is 6.03. The van der Waals surface area contributed by atoms with Crippen LogP contribution in [0.2, 0.25) is 0 Å². The van der Waals surface area contributed by atoms with E-state index in [0.29, 0.717) is 24.4 Å². The smallest absolute Gasteiger partial charge is 0.223 e. The number of hydrogen-bond donors (Lipinski definition) is 2. The maximum atomic E-state index is 13.7. The summed E-state index contributed by atoms with van der Waals surface area (Å²) in [7, 11) is 0. The molecule has 2 aliphatic rings. The van der Waals surface area contributed by atoms with Crippen molar-refractivity contribution >= 4 is 18.3 Å². The molecular weight excluding hydrogens is 310 g/mol. The Kier molecular flexibility index (Phi) is 5.75. The summed E-state index contributed by atoms with van der Waals surface area (Å²) in [4.78, 5) is 12.0. The quantitative estimate of drug-likeness (QED) is 0.871. The predicted molar refractivity (Wildman–Crippen MR) is 83.1 cm³/mol. The van der Waals surface area contributed by atoms with E-state index in [4.69, 9.17) is 0 Å². The molecule has 1 aliphatic carbocycles. The van der Waals surface area contributed by atoms with E-state index in [0.717, 1.165) is 32.0 Å². The average Bonchev–Trinajstić information content (AvgIpc) is 3.10. The van der Waals surface area contributed by atoms with Gasteiger partial charge in [-0.1, -0.05) is 12.1 Å². The molecular formula is C16H21ClF2N2O. The summed E-state index contributed by atoms with van der Waals surface area (Å²) in [5, 5.41) is 6.22. The average molecular weight is 331 g/mol. The van der Waals surface area contributed by atoms with Gasteiger partial charge in [0, 0.05) is 12.5 Å². The van der Waals surface area contributed by atoms with Crippen molar-refractivity contribution in [3.63, 3.8) is 0 Å². The van der Waals surface area contributed by atoms with Gasteiger partial charge in [0.05, 0.1) is 0 Å². The third-order valence-corrected chi connectivity index (χ3v) is 4.52. The Morgan fingerprint density at radius 2 is 2.18 bits per heavy atom. The minimum atomic E-state index is -0.840. The number of amides is 1. The summed E-state index contributed by atoms with van der Waals surface area (Å²) in [6, 6.07) is 4.17. The molecule has 3 rings (SSSR count). The fourth-order valence-electron chi connectivity index (χ4n) is 3.13. The van der Waals surface area contributed by atoms with Gasteiger partial charge in [-0.25, -0.2) is 8.78 Å². The molecule has 22 heavy (non-hydrogen) atoms. The van der Waals surface area contributed by atoms with E-state index < -0.39 is 11.6 Å². The number of hydrogen-bond acceptors (Lipinski definition) is 2. The predicted octanol–water partition coefficient (Wildman–Crippen LogP) is 2.61. The van der Waals surface area contributed by atoms with Crippen LogP contribution in [0.1, 0.15) is 30.7 Å². The Morgan fingerprint density at radius 1 is 1.36 bits per heavy atom. The first-order valence-corrected chi connectivity index (χ1v) is 7.59. The Hall–Kier alpha value is -1.20. The molecule has 1 aromatic carbocycles. The topological polar surface area (TPSA) is 41.1 Å². The van der Waals surface area contributed by atoms with Crippen LogP contribution in [0.5, 0.6) is 0 Å². The standard InChI is InChI=1S/C16H20F2N2O.ClH/c17-14-3-1-2-11(15(14)18)12-8-13(12)16(21)20-7-5-10-4-6-19-9-10;/h1-3,10,12-13,19H,4-9H2,(H,20,21);1H. The van der Waals surface area contributed by atoms with Crippen molar-refractivity contribution in [3.05, 3.63) is 35.4 Å². The molecule has 122 valence electrons. The van der Waals surface area contributed by atoms with Gasteiger partial charge in [0.25, 0.3) is 0 Å². The van der Waals surface area contributed by atoms with Crippen LogP contribution in [-0.4, -0.2) is 25.5 Å². The van der Waals surface area contributed by atoms with E-state index in [1.165, 1.54) is 6.07 Å². The summed E-state index contributed by atoms with van der Waals surface area (Å²) in [5.74, 6) is -1.42. The molecule has 1 saturated heterocycles. The number of halogens is 3. The van der Waals surface area contributed by atoms with Crippen LogP contribution in [0.25, 0.3) is 0 Å². The SMILES string of the molecule is Cl.O=C(NCCC1CCNC1)C1CC1c1cccc(F)c1F. The maximum Gasteiger partial charge on any atom is 0.223 e. The number of benzene rings is 1. The summed E-state index contributed by atoms with van der Waals surface area (Å²) in [6.07, 6.45) is 2.75. The molecule has 0 spiro atoms. The second kappa shape index (κ2) is 7.38. The second-order valence-electron chi connectivity index (χ2n) is 6.03. The van der Waals surface area contributed by atoms with E-state index in [1.807, 2.05) is 0 Å². The maximum absolute atomic E-state index is 13.7. The molecule has 3 unspecified atom stereocenters. The van der Waals surface area contributed by atoms with Gasteiger partial charge < -0.3 is 10.6 Å². The normalized spacial score (nSPS) is 26.4. The molecule has 3 nitrogen and oxygen atoms in total. The lowest BCUT2D eigenvalue weighted by molar-refractivity contribution is -0.122. The number of carbonyl (C=O) groups is 1. The third-order valence-electron chi connectivity index (χ3n) is 4.52. The molecule has 2 N–H and O–H groups in total. The first-order valence-electron chi connectivity index (χ1n) is 7.59. The van der Waals surface area contributed by atoms with Gasteiger partial charge in [0.2, 0.25) is 5.91 Å².